The van der Waals surface area contributed by atoms with Crippen molar-refractivity contribution in [2.75, 3.05) is 6.61 Å². The van der Waals surface area contributed by atoms with Crippen molar-refractivity contribution >= 4 is 0 Å². The zero-order valence-corrected chi connectivity index (χ0v) is 13.5. The van der Waals surface area contributed by atoms with Gasteiger partial charge in [-0.2, -0.15) is 0 Å². The smallest absolute Gasteiger partial charge is 0.123 e. The fourth-order valence-electron chi connectivity index (χ4n) is 2.74. The van der Waals surface area contributed by atoms with Crippen LogP contribution in [0.4, 0.5) is 8.78 Å². The lowest BCUT2D eigenvalue weighted by Gasteiger charge is -2.31. The van der Waals surface area contributed by atoms with E-state index >= 15 is 0 Å². The van der Waals surface area contributed by atoms with Crippen LogP contribution in [0.3, 0.4) is 0 Å². The van der Waals surface area contributed by atoms with Crippen molar-refractivity contribution in [3.8, 4) is 0 Å². The van der Waals surface area contributed by atoms with Crippen LogP contribution >= 0.6 is 0 Å². The number of rotatable bonds is 6. The van der Waals surface area contributed by atoms with Gasteiger partial charge >= 0.3 is 0 Å². The van der Waals surface area contributed by atoms with E-state index in [1.54, 1.807) is 24.3 Å². The summed E-state index contributed by atoms with van der Waals surface area (Å²) in [4.78, 5) is 0. The van der Waals surface area contributed by atoms with E-state index < -0.39 is 5.60 Å². The van der Waals surface area contributed by atoms with Crippen LogP contribution in [0.25, 0.3) is 0 Å². The number of nitrogens with zero attached hydrogens (tertiary/aromatic N) is 1. The molecule has 0 unspecified atom stereocenters. The highest BCUT2D eigenvalue weighted by Crippen LogP contribution is 2.33. The summed E-state index contributed by atoms with van der Waals surface area (Å²) in [5.41, 5.74) is 0.861. The molecule has 3 rings (SSSR count). The van der Waals surface area contributed by atoms with Crippen molar-refractivity contribution in [1.29, 1.82) is 0 Å². The maximum Gasteiger partial charge on any atom is 0.123 e. The van der Waals surface area contributed by atoms with Gasteiger partial charge in [-0.25, -0.2) is 8.78 Å². The van der Waals surface area contributed by atoms with Crippen LogP contribution in [0.2, 0.25) is 0 Å². The molecule has 0 aliphatic heterocycles. The van der Waals surface area contributed by atoms with Gasteiger partial charge in [-0.1, -0.05) is 24.3 Å². The van der Waals surface area contributed by atoms with Crippen LogP contribution in [0.5, 0.6) is 0 Å². The highest BCUT2D eigenvalue weighted by molar-refractivity contribution is 5.35. The summed E-state index contributed by atoms with van der Waals surface area (Å²) < 4.78 is 34.8. The maximum atomic E-state index is 13.3. The molecule has 24 heavy (non-hydrogen) atoms. The molecular weight excluding hydrogens is 308 g/mol. The molecule has 0 saturated carbocycles. The zero-order chi connectivity index (χ0) is 17.0. The summed E-state index contributed by atoms with van der Waals surface area (Å²) in [5.74, 6) is -0.597. The maximum absolute atomic E-state index is 13.3. The van der Waals surface area contributed by atoms with Gasteiger partial charge < -0.3 is 9.30 Å². The van der Waals surface area contributed by atoms with Crippen LogP contribution in [0.1, 0.15) is 18.1 Å². The fourth-order valence-corrected chi connectivity index (χ4v) is 2.74. The Morgan fingerprint density at radius 1 is 0.833 bits per heavy atom. The molecule has 0 atom stereocenters. The Balaban J connectivity index is 1.87. The van der Waals surface area contributed by atoms with E-state index in [9.17, 15) is 8.78 Å². The van der Waals surface area contributed by atoms with Crippen molar-refractivity contribution < 1.29 is 13.5 Å². The minimum atomic E-state index is -0.783. The van der Waals surface area contributed by atoms with Gasteiger partial charge in [0.2, 0.25) is 0 Å². The molecule has 0 bridgehead atoms. The normalized spacial score (nSPS) is 11.6. The Kier molecular flexibility index (Phi) is 4.76. The molecule has 0 fully saturated rings. The molecule has 0 spiro atoms. The first-order valence-electron chi connectivity index (χ1n) is 7.85. The molecule has 4 heteroatoms. The number of ether oxygens (including phenoxy) is 1. The summed E-state index contributed by atoms with van der Waals surface area (Å²) in [6.07, 6.45) is 3.94. The Morgan fingerprint density at radius 2 is 1.29 bits per heavy atom. The van der Waals surface area contributed by atoms with Crippen LogP contribution in [0, 0.1) is 11.6 Å². The Bertz CT molecular complexity index is 719. The van der Waals surface area contributed by atoms with E-state index in [4.69, 9.17) is 4.74 Å². The van der Waals surface area contributed by atoms with Crippen molar-refractivity contribution in [2.24, 2.45) is 0 Å². The van der Waals surface area contributed by atoms with Crippen molar-refractivity contribution in [3.05, 3.63) is 95.8 Å². The largest absolute Gasteiger partial charge is 0.364 e. The predicted octanol–water partition coefficient (Wildman–Crippen LogP) is 4.75. The Labute approximate surface area is 140 Å². The van der Waals surface area contributed by atoms with Crippen LogP contribution in [-0.4, -0.2) is 11.2 Å². The van der Waals surface area contributed by atoms with Gasteiger partial charge in [-0.05, 0) is 54.4 Å². The molecule has 3 aromatic rings. The standard InChI is InChI=1S/C20H19F2NO/c1-20(16-4-8-18(21)9-5-16,17-6-10-19(22)11-7-17)24-15-14-23-12-2-3-13-23/h2-13H,14-15H2,1H3. The lowest BCUT2D eigenvalue weighted by Crippen LogP contribution is -2.29. The minimum Gasteiger partial charge on any atom is -0.364 e. The third-order valence-corrected chi connectivity index (χ3v) is 4.20. The first kappa shape index (κ1) is 16.4. The van der Waals surface area contributed by atoms with E-state index in [0.29, 0.717) is 13.2 Å². The van der Waals surface area contributed by atoms with Crippen LogP contribution in [0.15, 0.2) is 73.1 Å². The minimum absolute atomic E-state index is 0.299. The monoisotopic (exact) mass is 327 g/mol. The van der Waals surface area contributed by atoms with Gasteiger partial charge in [-0.3, -0.25) is 0 Å². The third-order valence-electron chi connectivity index (χ3n) is 4.20. The second-order valence-electron chi connectivity index (χ2n) is 5.82. The molecule has 0 aliphatic carbocycles. The van der Waals surface area contributed by atoms with Crippen LogP contribution < -0.4 is 0 Å². The summed E-state index contributed by atoms with van der Waals surface area (Å²) in [7, 11) is 0. The van der Waals surface area contributed by atoms with Gasteiger partial charge in [-0.15, -0.1) is 0 Å². The predicted molar refractivity (Wildman–Crippen MR) is 89.6 cm³/mol. The number of hydrogen-bond donors (Lipinski definition) is 0. The van der Waals surface area contributed by atoms with E-state index in [1.165, 1.54) is 24.3 Å². The second kappa shape index (κ2) is 6.97. The quantitative estimate of drug-likeness (QED) is 0.637. The summed E-state index contributed by atoms with van der Waals surface area (Å²) >= 11 is 0. The van der Waals surface area contributed by atoms with Crippen molar-refractivity contribution in [3.63, 3.8) is 0 Å². The van der Waals surface area contributed by atoms with E-state index in [2.05, 4.69) is 0 Å². The summed E-state index contributed by atoms with van der Waals surface area (Å²) in [6, 6.07) is 16.4. The first-order chi connectivity index (χ1) is 11.6. The number of benzene rings is 2. The van der Waals surface area contributed by atoms with Crippen molar-refractivity contribution in [2.45, 2.75) is 19.1 Å². The zero-order valence-electron chi connectivity index (χ0n) is 13.5. The van der Waals surface area contributed by atoms with Crippen molar-refractivity contribution in [1.82, 2.24) is 4.57 Å². The van der Waals surface area contributed by atoms with E-state index in [1.807, 2.05) is 36.0 Å². The molecule has 1 heterocycles. The number of aromatic nitrogens is 1. The number of halogens is 2. The summed E-state index contributed by atoms with van der Waals surface area (Å²) in [5, 5.41) is 0. The van der Waals surface area contributed by atoms with Gasteiger partial charge in [0.25, 0.3) is 0 Å². The van der Waals surface area contributed by atoms with Gasteiger partial charge in [0, 0.05) is 18.9 Å². The summed E-state index contributed by atoms with van der Waals surface area (Å²) in [6.45, 7) is 3.09. The second-order valence-corrected chi connectivity index (χ2v) is 5.82. The molecular formula is C20H19F2NO. The molecule has 0 aliphatic rings. The molecule has 0 radical (unpaired) electrons. The Hall–Kier alpha value is -2.46. The Morgan fingerprint density at radius 3 is 1.75 bits per heavy atom. The molecule has 0 N–H and O–H groups in total. The molecule has 1 aromatic heterocycles. The fraction of sp³-hybridized carbons (Fsp3) is 0.200. The highest BCUT2D eigenvalue weighted by Gasteiger charge is 2.30. The molecule has 124 valence electrons. The van der Waals surface area contributed by atoms with Gasteiger partial charge in [0.15, 0.2) is 0 Å². The third kappa shape index (κ3) is 3.54. The SMILES string of the molecule is CC(OCCn1cccc1)(c1ccc(F)cc1)c1ccc(F)cc1. The average Bonchev–Trinajstić information content (AvgIpc) is 3.09. The molecule has 0 amide bonds. The highest BCUT2D eigenvalue weighted by atomic mass is 19.1. The lowest BCUT2D eigenvalue weighted by atomic mass is 9.88. The average molecular weight is 327 g/mol. The molecule has 2 nitrogen and oxygen atoms in total. The van der Waals surface area contributed by atoms with Crippen LogP contribution in [-0.2, 0) is 16.9 Å². The van der Waals surface area contributed by atoms with E-state index in [0.717, 1.165) is 11.1 Å². The topological polar surface area (TPSA) is 14.2 Å². The van der Waals surface area contributed by atoms with E-state index in [-0.39, 0.29) is 11.6 Å². The molecule has 2 aromatic carbocycles. The lowest BCUT2D eigenvalue weighted by molar-refractivity contribution is -0.00827. The first-order valence-corrected chi connectivity index (χ1v) is 7.85. The number of hydrogen-bond acceptors (Lipinski definition) is 1. The van der Waals surface area contributed by atoms with Gasteiger partial charge in [0.1, 0.15) is 17.2 Å². The molecule has 0 saturated heterocycles. The van der Waals surface area contributed by atoms with Gasteiger partial charge in [0.05, 0.1) is 6.61 Å².